The molecule has 3 aliphatic heterocycles. The zero-order valence-corrected chi connectivity index (χ0v) is 29.7. The molecule has 0 spiro atoms. The first-order chi connectivity index (χ1) is 25.3. The van der Waals surface area contributed by atoms with Crippen molar-refractivity contribution in [3.8, 4) is 0 Å². The molecule has 7 heterocycles. The molecule has 7 rings (SSSR count). The lowest BCUT2D eigenvalue weighted by atomic mass is 10.1. The topological polar surface area (TPSA) is 303 Å². The van der Waals surface area contributed by atoms with E-state index < -0.39 is 97.1 Å². The van der Waals surface area contributed by atoms with Gasteiger partial charge >= 0.3 is 21.8 Å². The Morgan fingerprint density at radius 2 is 1.47 bits per heavy atom. The minimum atomic E-state index is -5.02. The number of aliphatic hydroxyl groups excluding tert-OH is 1. The first-order valence-corrected chi connectivity index (χ1v) is 18.6. The summed E-state index contributed by atoms with van der Waals surface area (Å²) in [6.45, 7) is 0.535. The van der Waals surface area contributed by atoms with Gasteiger partial charge in [0.25, 0.3) is 0 Å². The Balaban J connectivity index is 1.24. The number of ether oxygens (including phenoxy) is 4. The third-order valence-electron chi connectivity index (χ3n) is 8.14. The second kappa shape index (κ2) is 14.7. The number of imidazole rings is 2. The van der Waals surface area contributed by atoms with Gasteiger partial charge in [-0.2, -0.15) is 0 Å². The number of nitrogen functional groups attached to an aromatic ring is 2. The monoisotopic (exact) mass is 790 g/mol. The maximum absolute atomic E-state index is 16.4. The van der Waals surface area contributed by atoms with Gasteiger partial charge in [0.1, 0.15) is 54.2 Å². The number of fused-ring (bicyclic) bond motifs is 5. The van der Waals surface area contributed by atoms with Crippen molar-refractivity contribution >= 4 is 55.8 Å². The SMILES string of the molecule is COP1(=O)OC[C@H]2OC(n3cnc4c(N)ncnc43)C(OP(=O)(OCOC(=O)OC(C)C)OCC3OC(n4cnc5c(N)ncnc54)C(F)C3O1)C2O. The molecule has 4 aromatic rings. The Kier molecular flexibility index (Phi) is 10.3. The number of nitrogens with two attached hydrogens (primary N) is 2. The van der Waals surface area contributed by atoms with Crippen molar-refractivity contribution in [2.75, 3.05) is 38.6 Å². The molecule has 4 aromatic heterocycles. The normalized spacial score (nSPS) is 33.7. The molecule has 9 unspecified atom stereocenters. The smallest absolute Gasteiger partial charge is 0.432 e. The molecule has 3 aliphatic rings. The van der Waals surface area contributed by atoms with E-state index in [0.717, 1.165) is 19.8 Å². The van der Waals surface area contributed by atoms with E-state index in [0.29, 0.717) is 0 Å². The van der Waals surface area contributed by atoms with E-state index in [2.05, 4.69) is 29.9 Å². The molecule has 53 heavy (non-hydrogen) atoms. The molecular formula is C26H33FN10O14P2. The third kappa shape index (κ3) is 7.29. The van der Waals surface area contributed by atoms with Gasteiger partial charge in [-0.3, -0.25) is 31.8 Å². The number of anilines is 2. The minimum absolute atomic E-state index is 0.00765. The van der Waals surface area contributed by atoms with Crippen molar-refractivity contribution in [1.29, 1.82) is 0 Å². The van der Waals surface area contributed by atoms with Crippen molar-refractivity contribution in [3.63, 3.8) is 0 Å². The maximum Gasteiger partial charge on any atom is 0.510 e. The van der Waals surface area contributed by atoms with Gasteiger partial charge in [0.05, 0.1) is 32.0 Å². The van der Waals surface area contributed by atoms with Crippen LogP contribution in [0.15, 0.2) is 25.3 Å². The Morgan fingerprint density at radius 3 is 2.09 bits per heavy atom. The Morgan fingerprint density at radius 1 is 0.906 bits per heavy atom. The molecule has 0 aliphatic carbocycles. The van der Waals surface area contributed by atoms with E-state index in [1.807, 2.05) is 0 Å². The van der Waals surface area contributed by atoms with Gasteiger partial charge in [-0.15, -0.1) is 0 Å². The molecule has 0 amide bonds. The van der Waals surface area contributed by atoms with Crippen LogP contribution in [0.3, 0.4) is 0 Å². The van der Waals surface area contributed by atoms with Crippen LogP contribution in [0.4, 0.5) is 20.8 Å². The summed E-state index contributed by atoms with van der Waals surface area (Å²) >= 11 is 0. The second-order valence-corrected chi connectivity index (χ2v) is 15.2. The van der Waals surface area contributed by atoms with Crippen LogP contribution < -0.4 is 11.5 Å². The average Bonchev–Trinajstić information content (AvgIpc) is 3.88. The van der Waals surface area contributed by atoms with Gasteiger partial charge in [0.15, 0.2) is 41.6 Å². The van der Waals surface area contributed by atoms with E-state index in [9.17, 15) is 19.0 Å². The second-order valence-electron chi connectivity index (χ2n) is 11.8. The molecule has 0 aromatic carbocycles. The number of aliphatic hydroxyl groups is 1. The maximum atomic E-state index is 16.4. The van der Waals surface area contributed by atoms with Crippen LogP contribution in [-0.4, -0.2) is 120 Å². The van der Waals surface area contributed by atoms with Gasteiger partial charge in [0, 0.05) is 7.11 Å². The fourth-order valence-corrected chi connectivity index (χ4v) is 8.07. The van der Waals surface area contributed by atoms with Gasteiger partial charge in [-0.25, -0.2) is 52.7 Å². The van der Waals surface area contributed by atoms with E-state index in [1.165, 1.54) is 21.8 Å². The largest absolute Gasteiger partial charge is 0.510 e. The number of alkyl halides is 1. The lowest BCUT2D eigenvalue weighted by Crippen LogP contribution is -2.35. The summed E-state index contributed by atoms with van der Waals surface area (Å²) in [5, 5.41) is 11.5. The predicted octanol–water partition coefficient (Wildman–Crippen LogP) is 1.54. The number of phosphoric acid groups is 2. The van der Waals surface area contributed by atoms with Gasteiger partial charge < -0.3 is 35.5 Å². The zero-order valence-electron chi connectivity index (χ0n) is 27.9. The standard InChI is InChI=1S/C26H33FN10O14P2/c1-11(2)47-26(39)43-10-46-53(41)45-5-13-18(14(27)24(49-13)36-8-34-15-20(28)30-6-32-22(15)36)50-52(40,42-3)44-4-12-17(38)19(51-53)25(48-12)37-9-35-16-21(29)31-7-33-23(16)37/h6-9,11-14,17-19,24-25,38H,4-5,10H2,1-3H3,(H2,28,30,32)(H2,29,31,33)/t12-,13?,14?,17?,18?,19?,24?,25?,52?,53?/m1/s1. The van der Waals surface area contributed by atoms with E-state index >= 15 is 4.39 Å². The summed E-state index contributed by atoms with van der Waals surface area (Å²) in [5.41, 5.74) is 12.3. The van der Waals surface area contributed by atoms with Crippen LogP contribution in [0.5, 0.6) is 0 Å². The third-order valence-corrected chi connectivity index (χ3v) is 10.9. The summed E-state index contributed by atoms with van der Waals surface area (Å²) < 4.78 is 102. The summed E-state index contributed by atoms with van der Waals surface area (Å²) in [6, 6.07) is 0. The molecule has 3 fully saturated rings. The molecule has 0 saturated carbocycles. The Labute approximate surface area is 297 Å². The van der Waals surface area contributed by atoms with Gasteiger partial charge in [0.2, 0.25) is 6.79 Å². The molecule has 5 N–H and O–H groups in total. The van der Waals surface area contributed by atoms with E-state index in [4.69, 9.17) is 57.6 Å². The lowest BCUT2D eigenvalue weighted by Gasteiger charge is -2.27. The average molecular weight is 791 g/mol. The molecule has 27 heteroatoms. The number of nitrogens with zero attached hydrogens (tertiary/aromatic N) is 8. The van der Waals surface area contributed by atoms with Crippen LogP contribution >= 0.6 is 15.6 Å². The highest BCUT2D eigenvalue weighted by Crippen LogP contribution is 2.57. The molecule has 10 atom stereocenters. The van der Waals surface area contributed by atoms with Crippen LogP contribution in [0, 0.1) is 0 Å². The zero-order chi connectivity index (χ0) is 37.7. The number of hydrogen-bond donors (Lipinski definition) is 3. The van der Waals surface area contributed by atoms with Gasteiger partial charge in [-0.05, 0) is 13.8 Å². The van der Waals surface area contributed by atoms with E-state index in [1.54, 1.807) is 13.8 Å². The Hall–Kier alpha value is -4.00. The first-order valence-electron chi connectivity index (χ1n) is 15.7. The number of rotatable bonds is 7. The number of phosphoric ester groups is 2. The number of hydrogen-bond acceptors (Lipinski definition) is 22. The molecule has 2 bridgehead atoms. The summed E-state index contributed by atoms with van der Waals surface area (Å²) in [5.74, 6) is 0.0243. The van der Waals surface area contributed by atoms with Crippen molar-refractivity contribution in [2.45, 2.75) is 69.1 Å². The van der Waals surface area contributed by atoms with E-state index in [-0.39, 0.29) is 34.0 Å². The highest BCUT2D eigenvalue weighted by atomic mass is 31.2. The molecular weight excluding hydrogens is 757 g/mol. The molecule has 3 saturated heterocycles. The van der Waals surface area contributed by atoms with Crippen molar-refractivity contribution < 1.29 is 69.5 Å². The fraction of sp³-hybridized carbons (Fsp3) is 0.577. The van der Waals surface area contributed by atoms with Crippen LogP contribution in [-0.2, 0) is 55.2 Å². The summed E-state index contributed by atoms with van der Waals surface area (Å²) in [7, 11) is -8.72. The quantitative estimate of drug-likeness (QED) is 0.136. The van der Waals surface area contributed by atoms with Crippen molar-refractivity contribution in [1.82, 2.24) is 39.0 Å². The highest BCUT2D eigenvalue weighted by molar-refractivity contribution is 7.48. The number of aromatic nitrogens is 8. The summed E-state index contributed by atoms with van der Waals surface area (Å²) in [6.07, 6.45) is -10.3. The van der Waals surface area contributed by atoms with Crippen LogP contribution in [0.1, 0.15) is 26.3 Å². The van der Waals surface area contributed by atoms with Crippen molar-refractivity contribution in [2.24, 2.45) is 0 Å². The molecule has 24 nitrogen and oxygen atoms in total. The molecule has 0 radical (unpaired) electrons. The number of carbonyl (C=O) groups excluding carboxylic acids is 1. The number of halogens is 1. The van der Waals surface area contributed by atoms with Crippen molar-refractivity contribution in [3.05, 3.63) is 25.3 Å². The molecule has 288 valence electrons. The van der Waals surface area contributed by atoms with Gasteiger partial charge in [-0.1, -0.05) is 0 Å². The fourth-order valence-electron chi connectivity index (χ4n) is 5.70. The predicted molar refractivity (Wildman–Crippen MR) is 171 cm³/mol. The summed E-state index contributed by atoms with van der Waals surface area (Å²) in [4.78, 5) is 36.4. The number of carbonyl (C=O) groups is 1. The van der Waals surface area contributed by atoms with Crippen LogP contribution in [0.2, 0.25) is 0 Å². The minimum Gasteiger partial charge on any atom is -0.432 e. The Bertz CT molecular complexity index is 2070. The first kappa shape index (κ1) is 37.3. The highest BCUT2D eigenvalue weighted by Gasteiger charge is 2.55. The van der Waals surface area contributed by atoms with Crippen LogP contribution in [0.25, 0.3) is 22.3 Å². The lowest BCUT2D eigenvalue weighted by molar-refractivity contribution is -0.0775.